The lowest BCUT2D eigenvalue weighted by Gasteiger charge is -2.15. The van der Waals surface area contributed by atoms with Gasteiger partial charge < -0.3 is 10.1 Å². The van der Waals surface area contributed by atoms with Crippen molar-refractivity contribution in [3.05, 3.63) is 47.3 Å². The van der Waals surface area contributed by atoms with Crippen LogP contribution in [-0.4, -0.2) is 23.4 Å². The van der Waals surface area contributed by atoms with Gasteiger partial charge in [0.2, 0.25) is 0 Å². The van der Waals surface area contributed by atoms with Crippen molar-refractivity contribution in [2.45, 2.75) is 39.8 Å². The Labute approximate surface area is 127 Å². The first-order chi connectivity index (χ1) is 10.1. The molecule has 0 saturated carbocycles. The van der Waals surface area contributed by atoms with Gasteiger partial charge in [0.15, 0.2) is 0 Å². The average Bonchev–Trinajstić information content (AvgIpc) is 2.81. The number of aryl methyl sites for hydroxylation is 3. The third kappa shape index (κ3) is 4.33. The summed E-state index contributed by atoms with van der Waals surface area (Å²) in [5.74, 6) is 0.906. The number of aromatic nitrogens is 2. The van der Waals surface area contributed by atoms with Crippen molar-refractivity contribution in [1.82, 2.24) is 15.1 Å². The Hall–Kier alpha value is -1.81. The zero-order chi connectivity index (χ0) is 15.2. The summed E-state index contributed by atoms with van der Waals surface area (Å²) in [7, 11) is 1.70. The van der Waals surface area contributed by atoms with E-state index in [2.05, 4.69) is 47.1 Å². The van der Waals surface area contributed by atoms with Crippen LogP contribution in [-0.2, 0) is 6.54 Å². The Balaban J connectivity index is 1.78. The van der Waals surface area contributed by atoms with Crippen LogP contribution >= 0.6 is 0 Å². The summed E-state index contributed by atoms with van der Waals surface area (Å²) in [6.07, 6.45) is 1.07. The maximum absolute atomic E-state index is 5.26. The number of rotatable bonds is 7. The molecule has 0 radical (unpaired) electrons. The lowest BCUT2D eigenvalue weighted by atomic mass is 10.1. The van der Waals surface area contributed by atoms with E-state index in [1.165, 1.54) is 11.3 Å². The van der Waals surface area contributed by atoms with Gasteiger partial charge >= 0.3 is 0 Å². The Morgan fingerprint density at radius 1 is 1.29 bits per heavy atom. The number of ether oxygens (including phenoxy) is 1. The Kier molecular flexibility index (Phi) is 5.39. The fourth-order valence-corrected chi connectivity index (χ4v) is 2.48. The molecule has 0 amide bonds. The summed E-state index contributed by atoms with van der Waals surface area (Å²) in [5.41, 5.74) is 3.57. The zero-order valence-electron chi connectivity index (χ0n) is 13.4. The number of nitrogens with zero attached hydrogens (tertiary/aromatic N) is 2. The molecule has 2 aromatic rings. The normalized spacial score (nSPS) is 12.4. The molecule has 114 valence electrons. The first kappa shape index (κ1) is 15.6. The van der Waals surface area contributed by atoms with Gasteiger partial charge in [-0.25, -0.2) is 0 Å². The highest BCUT2D eigenvalue weighted by Gasteiger charge is 2.06. The fraction of sp³-hybridized carbons (Fsp3) is 0.471. The maximum atomic E-state index is 5.26. The molecule has 0 aliphatic heterocycles. The van der Waals surface area contributed by atoms with Gasteiger partial charge in [0.05, 0.1) is 12.8 Å². The van der Waals surface area contributed by atoms with Gasteiger partial charge in [0.1, 0.15) is 5.75 Å². The van der Waals surface area contributed by atoms with Gasteiger partial charge in [0.25, 0.3) is 0 Å². The van der Waals surface area contributed by atoms with Gasteiger partial charge in [-0.1, -0.05) is 12.1 Å². The van der Waals surface area contributed by atoms with E-state index in [1.54, 1.807) is 7.11 Å². The largest absolute Gasteiger partial charge is 0.497 e. The van der Waals surface area contributed by atoms with Gasteiger partial charge in [0, 0.05) is 18.3 Å². The summed E-state index contributed by atoms with van der Waals surface area (Å²) < 4.78 is 7.34. The van der Waals surface area contributed by atoms with E-state index in [4.69, 9.17) is 4.74 Å². The monoisotopic (exact) mass is 287 g/mol. The highest BCUT2D eigenvalue weighted by molar-refractivity contribution is 5.30. The van der Waals surface area contributed by atoms with Crippen molar-refractivity contribution < 1.29 is 4.74 Å². The highest BCUT2D eigenvalue weighted by atomic mass is 16.5. The summed E-state index contributed by atoms with van der Waals surface area (Å²) in [6.45, 7) is 8.24. The fourth-order valence-electron chi connectivity index (χ4n) is 2.48. The number of benzene rings is 1. The van der Waals surface area contributed by atoms with Crippen molar-refractivity contribution in [2.24, 2.45) is 0 Å². The molecule has 0 bridgehead atoms. The topological polar surface area (TPSA) is 39.1 Å². The molecule has 1 heterocycles. The molecule has 0 aliphatic rings. The zero-order valence-corrected chi connectivity index (χ0v) is 13.4. The maximum Gasteiger partial charge on any atom is 0.119 e. The molecule has 1 atom stereocenters. The summed E-state index contributed by atoms with van der Waals surface area (Å²) in [5, 5.41) is 8.03. The molecule has 4 nitrogen and oxygen atoms in total. The standard InChI is InChI=1S/C17H25N3O/c1-13-11-14(2)20(19-13)10-6-9-18-15(3)16-7-5-8-17(12-16)21-4/h5,7-8,11-12,15,18H,6,9-10H2,1-4H3. The van der Waals surface area contributed by atoms with Gasteiger partial charge in [-0.2, -0.15) is 5.10 Å². The van der Waals surface area contributed by atoms with Crippen LogP contribution < -0.4 is 10.1 Å². The van der Waals surface area contributed by atoms with Gasteiger partial charge in [-0.05, 0) is 57.5 Å². The average molecular weight is 287 g/mol. The third-order valence-corrected chi connectivity index (χ3v) is 3.69. The molecule has 1 unspecified atom stereocenters. The van der Waals surface area contributed by atoms with Crippen LogP contribution in [0.15, 0.2) is 30.3 Å². The van der Waals surface area contributed by atoms with E-state index >= 15 is 0 Å². The molecule has 1 aromatic carbocycles. The van der Waals surface area contributed by atoms with E-state index in [0.717, 1.165) is 31.0 Å². The summed E-state index contributed by atoms with van der Waals surface area (Å²) >= 11 is 0. The lowest BCUT2D eigenvalue weighted by Crippen LogP contribution is -2.21. The quantitative estimate of drug-likeness (QED) is 0.795. The van der Waals surface area contributed by atoms with Crippen LogP contribution in [0.4, 0.5) is 0 Å². The molecule has 0 saturated heterocycles. The van der Waals surface area contributed by atoms with E-state index in [1.807, 2.05) is 19.1 Å². The van der Waals surface area contributed by atoms with Crippen LogP contribution in [0.3, 0.4) is 0 Å². The van der Waals surface area contributed by atoms with Crippen LogP contribution in [0, 0.1) is 13.8 Å². The molecular formula is C17H25N3O. The predicted molar refractivity (Wildman–Crippen MR) is 85.7 cm³/mol. The van der Waals surface area contributed by atoms with Crippen LogP contribution in [0.5, 0.6) is 5.75 Å². The second kappa shape index (κ2) is 7.27. The van der Waals surface area contributed by atoms with Crippen molar-refractivity contribution in [3.8, 4) is 5.75 Å². The molecule has 0 aliphatic carbocycles. The highest BCUT2D eigenvalue weighted by Crippen LogP contribution is 2.18. The number of hydrogen-bond acceptors (Lipinski definition) is 3. The lowest BCUT2D eigenvalue weighted by molar-refractivity contribution is 0.413. The van der Waals surface area contributed by atoms with Gasteiger partial charge in [-0.15, -0.1) is 0 Å². The third-order valence-electron chi connectivity index (χ3n) is 3.69. The molecule has 0 spiro atoms. The Morgan fingerprint density at radius 3 is 2.76 bits per heavy atom. The molecule has 2 rings (SSSR count). The molecule has 1 N–H and O–H groups in total. The molecule has 4 heteroatoms. The minimum atomic E-state index is 0.320. The Morgan fingerprint density at radius 2 is 2.10 bits per heavy atom. The van der Waals surface area contributed by atoms with E-state index in [-0.39, 0.29) is 0 Å². The van der Waals surface area contributed by atoms with E-state index in [0.29, 0.717) is 6.04 Å². The van der Waals surface area contributed by atoms with Crippen molar-refractivity contribution in [2.75, 3.05) is 13.7 Å². The second-order valence-corrected chi connectivity index (χ2v) is 5.46. The van der Waals surface area contributed by atoms with Crippen LogP contribution in [0.1, 0.15) is 36.3 Å². The van der Waals surface area contributed by atoms with Crippen molar-refractivity contribution >= 4 is 0 Å². The van der Waals surface area contributed by atoms with Gasteiger partial charge in [-0.3, -0.25) is 4.68 Å². The minimum Gasteiger partial charge on any atom is -0.497 e. The first-order valence-corrected chi connectivity index (χ1v) is 7.48. The minimum absolute atomic E-state index is 0.320. The SMILES string of the molecule is COc1cccc(C(C)NCCCn2nc(C)cc2C)c1. The number of methoxy groups -OCH3 is 1. The van der Waals surface area contributed by atoms with Crippen LogP contribution in [0.25, 0.3) is 0 Å². The summed E-state index contributed by atoms with van der Waals surface area (Å²) in [4.78, 5) is 0. The van der Waals surface area contributed by atoms with Crippen LogP contribution in [0.2, 0.25) is 0 Å². The Bertz CT molecular complexity index is 577. The van der Waals surface area contributed by atoms with E-state index in [9.17, 15) is 0 Å². The smallest absolute Gasteiger partial charge is 0.119 e. The first-order valence-electron chi connectivity index (χ1n) is 7.48. The van der Waals surface area contributed by atoms with Crippen molar-refractivity contribution in [1.29, 1.82) is 0 Å². The molecular weight excluding hydrogens is 262 g/mol. The predicted octanol–water partition coefficient (Wildman–Crippen LogP) is 3.25. The molecule has 0 fully saturated rings. The summed E-state index contributed by atoms with van der Waals surface area (Å²) in [6, 6.07) is 10.6. The second-order valence-electron chi connectivity index (χ2n) is 5.46. The van der Waals surface area contributed by atoms with E-state index < -0.39 is 0 Å². The number of hydrogen-bond donors (Lipinski definition) is 1. The number of nitrogens with one attached hydrogen (secondary N) is 1. The molecule has 1 aromatic heterocycles. The van der Waals surface area contributed by atoms with Crippen molar-refractivity contribution in [3.63, 3.8) is 0 Å². The molecule has 21 heavy (non-hydrogen) atoms.